The molecule has 2 unspecified atom stereocenters. The van der Waals surface area contributed by atoms with Crippen molar-refractivity contribution in [1.82, 2.24) is 0 Å². The number of carbonyl (C=O) groups is 1. The average molecular weight is 595 g/mol. The number of rotatable bonds is 4. The summed E-state index contributed by atoms with van der Waals surface area (Å²) in [7, 11) is 1.27. The Kier molecular flexibility index (Phi) is 7.89. The van der Waals surface area contributed by atoms with E-state index in [-0.39, 0.29) is 31.8 Å². The molecular weight excluding hydrogens is 581 g/mol. The summed E-state index contributed by atoms with van der Waals surface area (Å²) in [4.78, 5) is 18.8. The van der Waals surface area contributed by atoms with Gasteiger partial charge < -0.3 is 29.7 Å². The Morgan fingerprint density at radius 2 is 1.55 bits per heavy atom. The lowest BCUT2D eigenvalue weighted by Gasteiger charge is -2.22. The number of hydrogen-bond acceptors (Lipinski definition) is 9. The first kappa shape index (κ1) is 29.4. The smallest absolute Gasteiger partial charge is 0.458 e. The summed E-state index contributed by atoms with van der Waals surface area (Å²) in [5.74, 6) is -8.81. The fourth-order valence-electron chi connectivity index (χ4n) is 2.94. The summed E-state index contributed by atoms with van der Waals surface area (Å²) in [6.07, 6.45) is -11.9. The molecule has 0 spiro atoms. The van der Waals surface area contributed by atoms with E-state index in [9.17, 15) is 45.7 Å². The molecule has 2 aliphatic heterocycles. The van der Waals surface area contributed by atoms with Gasteiger partial charge in [-0.2, -0.15) is 26.3 Å². The van der Waals surface area contributed by atoms with Crippen LogP contribution in [0.3, 0.4) is 0 Å². The van der Waals surface area contributed by atoms with Gasteiger partial charge in [0.2, 0.25) is 0 Å². The van der Waals surface area contributed by atoms with Crippen molar-refractivity contribution >= 4 is 40.3 Å². The van der Waals surface area contributed by atoms with Gasteiger partial charge in [0.1, 0.15) is 22.2 Å². The van der Waals surface area contributed by atoms with E-state index in [1.807, 2.05) is 0 Å². The second-order valence-electron chi connectivity index (χ2n) is 7.61. The van der Waals surface area contributed by atoms with Crippen molar-refractivity contribution in [3.05, 3.63) is 50.4 Å². The fraction of sp³-hybridized carbons (Fsp3) is 0.350. The maximum absolute atomic E-state index is 13.7. The van der Waals surface area contributed by atoms with E-state index in [1.165, 1.54) is 19.2 Å². The highest BCUT2D eigenvalue weighted by Crippen LogP contribution is 2.41. The molecule has 0 amide bonds. The zero-order valence-corrected chi connectivity index (χ0v) is 20.1. The number of alkyl halides is 6. The summed E-state index contributed by atoms with van der Waals surface area (Å²) >= 11 is 6.43. The second-order valence-corrected chi connectivity index (χ2v) is 9.10. The maximum Gasteiger partial charge on any atom is 0.458 e. The number of hydrogen-bond donors (Lipinski definition) is 3. The lowest BCUT2D eigenvalue weighted by atomic mass is 10.0. The van der Waals surface area contributed by atoms with Crippen LogP contribution in [0, 0.1) is 5.82 Å². The molecule has 1 aromatic carbocycles. The van der Waals surface area contributed by atoms with E-state index in [0.29, 0.717) is 0 Å². The lowest BCUT2D eigenvalue weighted by molar-refractivity contribution is -0.355. The monoisotopic (exact) mass is 594 g/mol. The Balaban J connectivity index is 0.000000212. The number of methoxy groups -OCH3 is 1. The Hall–Kier alpha value is -3.15. The molecule has 0 saturated carbocycles. The van der Waals surface area contributed by atoms with E-state index in [2.05, 4.69) is 20.0 Å². The highest BCUT2D eigenvalue weighted by molar-refractivity contribution is 7.16. The molecule has 0 fully saturated rings. The third kappa shape index (κ3) is 5.79. The van der Waals surface area contributed by atoms with Crippen molar-refractivity contribution in [3.8, 4) is 5.75 Å². The Bertz CT molecular complexity index is 1300. The Morgan fingerprint density at radius 1 is 1.03 bits per heavy atom. The van der Waals surface area contributed by atoms with Gasteiger partial charge in [-0.1, -0.05) is 21.9 Å². The van der Waals surface area contributed by atoms with Crippen molar-refractivity contribution in [2.75, 3.05) is 7.11 Å². The second kappa shape index (κ2) is 10.2. The normalized spacial score (nSPS) is 23.0. The van der Waals surface area contributed by atoms with E-state index in [4.69, 9.17) is 21.4 Å². The van der Waals surface area contributed by atoms with E-state index < -0.39 is 54.3 Å². The number of aliphatic hydroxyl groups is 2. The van der Waals surface area contributed by atoms with Gasteiger partial charge in [-0.15, -0.1) is 11.3 Å². The molecule has 38 heavy (non-hydrogen) atoms. The van der Waals surface area contributed by atoms with E-state index in [0.717, 1.165) is 23.5 Å². The molecule has 9 nitrogen and oxygen atoms in total. The van der Waals surface area contributed by atoms with E-state index in [1.54, 1.807) is 0 Å². The maximum atomic E-state index is 13.7. The third-order valence-corrected chi connectivity index (χ3v) is 6.38. The van der Waals surface area contributed by atoms with Gasteiger partial charge in [0.25, 0.3) is 0 Å². The number of carboxylic acid groups (broad SMARTS) is 1. The lowest BCUT2D eigenvalue weighted by Crippen LogP contribution is -2.45. The van der Waals surface area contributed by atoms with Crippen molar-refractivity contribution < 1.29 is 65.3 Å². The van der Waals surface area contributed by atoms with Gasteiger partial charge in [-0.05, 0) is 24.3 Å². The van der Waals surface area contributed by atoms with Crippen molar-refractivity contribution in [3.63, 3.8) is 0 Å². The van der Waals surface area contributed by atoms with Crippen LogP contribution in [0.25, 0.3) is 0 Å². The van der Waals surface area contributed by atoms with Crippen LogP contribution in [0.1, 0.15) is 33.0 Å². The van der Waals surface area contributed by atoms with Crippen molar-refractivity contribution in [2.24, 2.45) is 10.3 Å². The zero-order chi connectivity index (χ0) is 28.7. The molecular formula is C20H14ClF7N2O7S. The van der Waals surface area contributed by atoms with E-state index >= 15 is 0 Å². The predicted octanol–water partition coefficient (Wildman–Crippen LogP) is 4.68. The molecule has 2 aromatic rings. The number of aromatic carboxylic acids is 1. The molecule has 208 valence electrons. The molecule has 0 bridgehead atoms. The standard InChI is InChI=1S/C11H8ClF4NO3.C9H6F3NO4S/c1-19-9-2-5(7(13)3-6(9)12)8-4-10(18,20-17-8)11(14,15)16;10-9(11,12)8(16)3-4(13-17-8)5-1-2-6(18-5)7(14)15/h2-3,18H,4H2,1H3;1-2,16H,3H2,(H,14,15). The van der Waals surface area contributed by atoms with Crippen LogP contribution >= 0.6 is 22.9 Å². The summed E-state index contributed by atoms with van der Waals surface area (Å²) < 4.78 is 93.5. The van der Waals surface area contributed by atoms with Crippen molar-refractivity contribution in [2.45, 2.75) is 36.8 Å². The van der Waals surface area contributed by atoms with Crippen LogP contribution in [0.4, 0.5) is 30.7 Å². The average Bonchev–Trinajstić information content (AvgIpc) is 3.53. The highest BCUT2D eigenvalue weighted by Gasteiger charge is 2.61. The molecule has 3 heterocycles. The Morgan fingerprint density at radius 3 is 2.00 bits per heavy atom. The van der Waals surface area contributed by atoms with Crippen LogP contribution in [-0.4, -0.2) is 63.7 Å². The predicted molar refractivity (Wildman–Crippen MR) is 116 cm³/mol. The van der Waals surface area contributed by atoms with Crippen LogP contribution in [0.2, 0.25) is 5.02 Å². The minimum absolute atomic E-state index is 0.0323. The van der Waals surface area contributed by atoms with Gasteiger partial charge in [0, 0.05) is 5.56 Å². The minimum Gasteiger partial charge on any atom is -0.495 e. The molecule has 0 radical (unpaired) electrons. The molecule has 3 N–H and O–H groups in total. The number of carboxylic acids is 1. The van der Waals surface area contributed by atoms with Gasteiger partial charge in [0.15, 0.2) is 0 Å². The minimum atomic E-state index is -5.05. The largest absolute Gasteiger partial charge is 0.495 e. The number of halogens is 8. The zero-order valence-electron chi connectivity index (χ0n) is 18.5. The van der Waals surface area contributed by atoms with Crippen LogP contribution in [0.5, 0.6) is 5.75 Å². The third-order valence-electron chi connectivity index (χ3n) is 4.97. The molecule has 1 aromatic heterocycles. The number of thiophene rings is 1. The van der Waals surface area contributed by atoms with Crippen LogP contribution in [-0.2, 0) is 9.68 Å². The number of nitrogens with zero attached hydrogens (tertiary/aromatic N) is 2. The summed E-state index contributed by atoms with van der Waals surface area (Å²) in [6, 6.07) is 4.53. The summed E-state index contributed by atoms with van der Waals surface area (Å²) in [5, 5.41) is 33.4. The van der Waals surface area contributed by atoms with Crippen LogP contribution < -0.4 is 4.74 Å². The van der Waals surface area contributed by atoms with Gasteiger partial charge >= 0.3 is 29.9 Å². The molecule has 2 aliphatic rings. The Labute approximate surface area is 216 Å². The first-order chi connectivity index (χ1) is 17.4. The summed E-state index contributed by atoms with van der Waals surface area (Å²) in [6.45, 7) is 0. The van der Waals surface area contributed by atoms with Crippen molar-refractivity contribution in [1.29, 1.82) is 0 Å². The molecule has 0 saturated heterocycles. The molecule has 18 heteroatoms. The molecule has 4 rings (SSSR count). The fourth-order valence-corrected chi connectivity index (χ4v) is 3.99. The van der Waals surface area contributed by atoms with Gasteiger partial charge in [0.05, 0.1) is 35.6 Å². The quantitative estimate of drug-likeness (QED) is 0.438. The molecule has 0 aliphatic carbocycles. The van der Waals surface area contributed by atoms with Gasteiger partial charge in [-0.25, -0.2) is 9.18 Å². The first-order valence-electron chi connectivity index (χ1n) is 9.86. The summed E-state index contributed by atoms with van der Waals surface area (Å²) in [5.41, 5.74) is -0.809. The number of benzene rings is 1. The van der Waals surface area contributed by atoms with Crippen LogP contribution in [0.15, 0.2) is 34.6 Å². The topological polar surface area (TPSA) is 130 Å². The number of ether oxygens (including phenoxy) is 1. The first-order valence-corrected chi connectivity index (χ1v) is 11.1. The highest BCUT2D eigenvalue weighted by atomic mass is 35.5. The number of oxime groups is 2. The molecule has 2 atom stereocenters. The SMILES string of the molecule is COc1cc(C2=NOC(O)(C(F)(F)F)C2)c(F)cc1Cl.O=C(O)c1ccc(C2=NOC(O)(C(F)(F)F)C2)s1. The van der Waals surface area contributed by atoms with Gasteiger partial charge in [-0.3, -0.25) is 0 Å².